The van der Waals surface area contributed by atoms with Gasteiger partial charge in [0.2, 0.25) is 0 Å². The predicted molar refractivity (Wildman–Crippen MR) is 78.6 cm³/mol. The zero-order valence-corrected chi connectivity index (χ0v) is 13.4. The molecule has 1 aromatic rings. The van der Waals surface area contributed by atoms with Gasteiger partial charge in [0.1, 0.15) is 0 Å². The number of benzene rings is 1. The van der Waals surface area contributed by atoms with Crippen molar-refractivity contribution in [3.8, 4) is 0 Å². The highest BCUT2D eigenvalue weighted by Crippen LogP contribution is 2.19. The summed E-state index contributed by atoms with van der Waals surface area (Å²) in [5.41, 5.74) is 0.841. The largest absolute Gasteiger partial charge is 0.462 e. The molecule has 0 aromatic heterocycles. The van der Waals surface area contributed by atoms with E-state index >= 15 is 0 Å². The number of halogens is 1. The predicted octanol–water partition coefficient (Wildman–Crippen LogP) is 3.52. The molecule has 0 amide bonds. The van der Waals surface area contributed by atoms with Crippen molar-refractivity contribution in [2.75, 3.05) is 6.61 Å². The molecule has 0 aliphatic rings. The molecule has 20 heavy (non-hydrogen) atoms. The maximum absolute atomic E-state index is 11.9. The molecular weight excluding hydrogens is 300 g/mol. The van der Waals surface area contributed by atoms with Gasteiger partial charge in [0.05, 0.1) is 17.1 Å². The summed E-state index contributed by atoms with van der Waals surface area (Å²) < 4.78 is 27.8. The summed E-state index contributed by atoms with van der Waals surface area (Å²) in [4.78, 5) is 11.8. The number of ether oxygens (including phenoxy) is 1. The van der Waals surface area contributed by atoms with E-state index in [0.717, 1.165) is 12.8 Å². The van der Waals surface area contributed by atoms with E-state index in [2.05, 4.69) is 6.92 Å². The lowest BCUT2D eigenvalue weighted by Crippen LogP contribution is -2.12. The minimum atomic E-state index is -3.86. The number of hydrogen-bond donors (Lipinski definition) is 0. The Balaban J connectivity index is 2.86. The van der Waals surface area contributed by atoms with E-state index in [1.54, 1.807) is 13.0 Å². The first-order valence-electron chi connectivity index (χ1n) is 6.47. The zero-order chi connectivity index (χ0) is 15.3. The Morgan fingerprint density at radius 3 is 2.55 bits per heavy atom. The van der Waals surface area contributed by atoms with Crippen LogP contribution in [0.25, 0.3) is 0 Å². The molecule has 4 nitrogen and oxygen atoms in total. The molecule has 0 aliphatic heterocycles. The van der Waals surface area contributed by atoms with E-state index in [9.17, 15) is 13.2 Å². The highest BCUT2D eigenvalue weighted by Gasteiger charge is 2.16. The number of carbonyl (C=O) groups is 1. The second-order valence-corrected chi connectivity index (χ2v) is 7.53. The molecule has 1 aromatic carbocycles. The van der Waals surface area contributed by atoms with Crippen molar-refractivity contribution in [2.45, 2.75) is 38.5 Å². The van der Waals surface area contributed by atoms with Crippen molar-refractivity contribution in [3.63, 3.8) is 0 Å². The fourth-order valence-electron chi connectivity index (χ4n) is 1.88. The van der Waals surface area contributed by atoms with Crippen molar-refractivity contribution in [1.82, 2.24) is 0 Å². The summed E-state index contributed by atoms with van der Waals surface area (Å²) in [5.74, 6) is -0.247. The van der Waals surface area contributed by atoms with Crippen LogP contribution in [0.2, 0.25) is 0 Å². The van der Waals surface area contributed by atoms with Gasteiger partial charge in [-0.05, 0) is 43.0 Å². The van der Waals surface area contributed by atoms with Gasteiger partial charge in [-0.3, -0.25) is 0 Å². The van der Waals surface area contributed by atoms with Crippen LogP contribution in [0.5, 0.6) is 0 Å². The topological polar surface area (TPSA) is 60.4 Å². The van der Waals surface area contributed by atoms with Crippen LogP contribution in [0, 0.1) is 12.8 Å². The number of rotatable bonds is 6. The minimum Gasteiger partial charge on any atom is -0.462 e. The molecule has 0 radical (unpaired) electrons. The van der Waals surface area contributed by atoms with E-state index in [-0.39, 0.29) is 16.4 Å². The molecular formula is C14H19ClO4S. The van der Waals surface area contributed by atoms with Crippen molar-refractivity contribution < 1.29 is 17.9 Å². The summed E-state index contributed by atoms with van der Waals surface area (Å²) in [5, 5.41) is 0. The van der Waals surface area contributed by atoms with E-state index in [1.807, 2.05) is 6.92 Å². The molecule has 0 aliphatic carbocycles. The van der Waals surface area contributed by atoms with Gasteiger partial charge in [0, 0.05) is 10.7 Å². The molecule has 1 unspecified atom stereocenters. The standard InChI is InChI=1S/C14H19ClO4S/c1-4-5-10(2)9-19-14(16)12-6-11(3)7-13(8-12)20(15,17)18/h6-8,10H,4-5,9H2,1-3H3. The first kappa shape index (κ1) is 17.0. The minimum absolute atomic E-state index is 0.0901. The SMILES string of the molecule is CCCC(C)COC(=O)c1cc(C)cc(S(=O)(=O)Cl)c1. The molecule has 0 heterocycles. The van der Waals surface area contributed by atoms with Gasteiger partial charge >= 0.3 is 5.97 Å². The van der Waals surface area contributed by atoms with Gasteiger partial charge in [-0.15, -0.1) is 0 Å². The first-order chi connectivity index (χ1) is 9.24. The zero-order valence-electron chi connectivity index (χ0n) is 11.8. The molecule has 0 fully saturated rings. The Morgan fingerprint density at radius 1 is 1.35 bits per heavy atom. The van der Waals surface area contributed by atoms with E-state index in [1.165, 1.54) is 12.1 Å². The van der Waals surface area contributed by atoms with Crippen LogP contribution >= 0.6 is 10.7 Å². The Morgan fingerprint density at radius 2 is 2.00 bits per heavy atom. The Labute approximate surface area is 124 Å². The molecule has 1 atom stereocenters. The molecule has 0 N–H and O–H groups in total. The van der Waals surface area contributed by atoms with Crippen molar-refractivity contribution >= 4 is 25.7 Å². The third kappa shape index (κ3) is 5.13. The van der Waals surface area contributed by atoms with Crippen molar-refractivity contribution in [3.05, 3.63) is 29.3 Å². The summed E-state index contributed by atoms with van der Waals surface area (Å²) in [6.07, 6.45) is 2.00. The number of hydrogen-bond acceptors (Lipinski definition) is 4. The number of esters is 1. The van der Waals surface area contributed by atoms with E-state index in [0.29, 0.717) is 12.2 Å². The van der Waals surface area contributed by atoms with Gasteiger partial charge in [-0.2, -0.15) is 0 Å². The van der Waals surface area contributed by atoms with Crippen LogP contribution in [0.1, 0.15) is 42.6 Å². The summed E-state index contributed by atoms with van der Waals surface area (Å²) in [7, 11) is 1.44. The summed E-state index contributed by atoms with van der Waals surface area (Å²) >= 11 is 0. The van der Waals surface area contributed by atoms with Crippen LogP contribution in [-0.4, -0.2) is 21.0 Å². The first-order valence-corrected chi connectivity index (χ1v) is 8.78. The second-order valence-electron chi connectivity index (χ2n) is 4.96. The number of carbonyl (C=O) groups excluding carboxylic acids is 1. The van der Waals surface area contributed by atoms with Crippen molar-refractivity contribution in [1.29, 1.82) is 0 Å². The fraction of sp³-hybridized carbons (Fsp3) is 0.500. The fourth-order valence-corrected chi connectivity index (χ4v) is 2.75. The van der Waals surface area contributed by atoms with Gasteiger partial charge < -0.3 is 4.74 Å². The normalized spacial score (nSPS) is 13.0. The van der Waals surface area contributed by atoms with Gasteiger partial charge in [0.15, 0.2) is 0 Å². The second kappa shape index (κ2) is 7.09. The lowest BCUT2D eigenvalue weighted by molar-refractivity contribution is 0.0443. The smallest absolute Gasteiger partial charge is 0.338 e. The highest BCUT2D eigenvalue weighted by molar-refractivity contribution is 8.13. The van der Waals surface area contributed by atoms with Crippen LogP contribution in [0.3, 0.4) is 0 Å². The summed E-state index contributed by atoms with van der Waals surface area (Å²) in [6.45, 7) is 6.09. The van der Waals surface area contributed by atoms with Crippen LogP contribution in [0.4, 0.5) is 0 Å². The maximum Gasteiger partial charge on any atom is 0.338 e. The maximum atomic E-state index is 11.9. The van der Waals surface area contributed by atoms with Crippen LogP contribution in [0.15, 0.2) is 23.1 Å². The Hall–Kier alpha value is -1.07. The molecule has 1 rings (SSSR count). The third-order valence-corrected chi connectivity index (χ3v) is 4.18. The van der Waals surface area contributed by atoms with Gasteiger partial charge in [0.25, 0.3) is 9.05 Å². The lowest BCUT2D eigenvalue weighted by Gasteiger charge is -2.11. The average Bonchev–Trinajstić information content (AvgIpc) is 2.34. The average molecular weight is 319 g/mol. The monoisotopic (exact) mass is 318 g/mol. The molecule has 0 spiro atoms. The molecule has 0 saturated carbocycles. The molecule has 112 valence electrons. The highest BCUT2D eigenvalue weighted by atomic mass is 35.7. The van der Waals surface area contributed by atoms with Crippen LogP contribution in [-0.2, 0) is 13.8 Å². The molecule has 0 bridgehead atoms. The Kier molecular flexibility index (Phi) is 6.02. The summed E-state index contributed by atoms with van der Waals surface area (Å²) in [6, 6.07) is 4.24. The number of aryl methyl sites for hydroxylation is 1. The van der Waals surface area contributed by atoms with E-state index < -0.39 is 15.0 Å². The molecule has 6 heteroatoms. The van der Waals surface area contributed by atoms with E-state index in [4.69, 9.17) is 15.4 Å². The van der Waals surface area contributed by atoms with Crippen molar-refractivity contribution in [2.24, 2.45) is 5.92 Å². The Bertz CT molecular complexity index is 581. The van der Waals surface area contributed by atoms with Crippen LogP contribution < -0.4 is 0 Å². The third-order valence-electron chi connectivity index (χ3n) is 2.85. The van der Waals surface area contributed by atoms with Gasteiger partial charge in [-0.25, -0.2) is 13.2 Å². The molecule has 0 saturated heterocycles. The quantitative estimate of drug-likeness (QED) is 0.595. The van der Waals surface area contributed by atoms with Gasteiger partial charge in [-0.1, -0.05) is 20.3 Å². The lowest BCUT2D eigenvalue weighted by atomic mass is 10.1.